The molecule has 1 fully saturated rings. The van der Waals surface area contributed by atoms with E-state index < -0.39 is 34.1 Å². The van der Waals surface area contributed by atoms with Crippen LogP contribution in [0.2, 0.25) is 0 Å². The lowest BCUT2D eigenvalue weighted by Gasteiger charge is -2.54. The Morgan fingerprint density at radius 2 is 1.94 bits per heavy atom. The minimum absolute atomic E-state index is 0.0142. The standard InChI is InChI=1S/C26H42O6/c1-17-10-11-21(32-23(3,4)5)25(8,20(17)15-27)14-22(31-16-30-9)26(29)18(2)12-19(28)13-24(26,6)7/h12,15,20-22,29H,1,10-11,13-14,16H2,2-9H3/t20-,21-,22+,25-,26-/m0/s1. The van der Waals surface area contributed by atoms with Crippen LogP contribution in [-0.2, 0) is 23.8 Å². The smallest absolute Gasteiger partial charge is 0.156 e. The van der Waals surface area contributed by atoms with Crippen molar-refractivity contribution in [1.29, 1.82) is 0 Å². The number of hydrogen-bond donors (Lipinski definition) is 1. The molecule has 182 valence electrons. The Hall–Kier alpha value is -1.34. The lowest BCUT2D eigenvalue weighted by atomic mass is 9.56. The lowest BCUT2D eigenvalue weighted by Crippen LogP contribution is -2.61. The first-order chi connectivity index (χ1) is 14.6. The summed E-state index contributed by atoms with van der Waals surface area (Å²) in [6.07, 6.45) is 3.53. The SMILES string of the molecule is C=C1CC[C@H](OC(C)(C)C)[C@@](C)(C[C@@H](OCOC)[C@@]2(O)C(C)=CC(=O)CC2(C)C)[C@H]1C=O. The van der Waals surface area contributed by atoms with Gasteiger partial charge in [0, 0.05) is 30.3 Å². The third-order valence-corrected chi connectivity index (χ3v) is 7.35. The summed E-state index contributed by atoms with van der Waals surface area (Å²) in [6, 6.07) is 0. The van der Waals surface area contributed by atoms with Gasteiger partial charge in [0.2, 0.25) is 0 Å². The summed E-state index contributed by atoms with van der Waals surface area (Å²) in [5.74, 6) is -0.446. The number of rotatable bonds is 8. The summed E-state index contributed by atoms with van der Waals surface area (Å²) >= 11 is 0. The molecule has 5 atom stereocenters. The van der Waals surface area contributed by atoms with Gasteiger partial charge in [-0.1, -0.05) is 32.9 Å². The molecule has 1 N–H and O–H groups in total. The average molecular weight is 451 g/mol. The summed E-state index contributed by atoms with van der Waals surface area (Å²) in [5, 5.41) is 12.1. The van der Waals surface area contributed by atoms with Crippen molar-refractivity contribution in [3.63, 3.8) is 0 Å². The summed E-state index contributed by atoms with van der Waals surface area (Å²) in [7, 11) is 1.53. The van der Waals surface area contributed by atoms with E-state index in [0.717, 1.165) is 18.3 Å². The van der Waals surface area contributed by atoms with E-state index in [4.69, 9.17) is 14.2 Å². The highest BCUT2D eigenvalue weighted by Gasteiger charge is 2.58. The quantitative estimate of drug-likeness (QED) is 0.335. The van der Waals surface area contributed by atoms with Crippen LogP contribution in [0.1, 0.15) is 74.1 Å². The number of aldehydes is 1. The van der Waals surface area contributed by atoms with E-state index in [2.05, 4.69) is 6.58 Å². The molecule has 1 saturated carbocycles. The summed E-state index contributed by atoms with van der Waals surface area (Å²) < 4.78 is 17.8. The summed E-state index contributed by atoms with van der Waals surface area (Å²) in [6.45, 7) is 17.7. The molecule has 0 aromatic carbocycles. The van der Waals surface area contributed by atoms with Crippen LogP contribution in [0.3, 0.4) is 0 Å². The van der Waals surface area contributed by atoms with Crippen molar-refractivity contribution in [3.8, 4) is 0 Å². The van der Waals surface area contributed by atoms with Gasteiger partial charge in [0.15, 0.2) is 5.78 Å². The highest BCUT2D eigenvalue weighted by atomic mass is 16.7. The van der Waals surface area contributed by atoms with Crippen molar-refractivity contribution in [2.24, 2.45) is 16.7 Å². The van der Waals surface area contributed by atoms with Crippen LogP contribution >= 0.6 is 0 Å². The Labute approximate surface area is 193 Å². The van der Waals surface area contributed by atoms with Crippen molar-refractivity contribution in [2.75, 3.05) is 13.9 Å². The molecule has 0 aromatic heterocycles. The molecule has 0 unspecified atom stereocenters. The highest BCUT2D eigenvalue weighted by Crippen LogP contribution is 2.53. The zero-order valence-electron chi connectivity index (χ0n) is 21.1. The van der Waals surface area contributed by atoms with E-state index in [1.54, 1.807) is 6.92 Å². The Morgan fingerprint density at radius 1 is 1.31 bits per heavy atom. The molecule has 32 heavy (non-hydrogen) atoms. The largest absolute Gasteiger partial charge is 0.382 e. The van der Waals surface area contributed by atoms with E-state index in [1.165, 1.54) is 13.2 Å². The maximum absolute atomic E-state index is 12.3. The second-order valence-electron chi connectivity index (χ2n) is 11.4. The summed E-state index contributed by atoms with van der Waals surface area (Å²) in [5.41, 5.74) is -1.80. The van der Waals surface area contributed by atoms with E-state index in [-0.39, 0.29) is 25.1 Å². The molecular formula is C26H42O6. The number of ketones is 1. The topological polar surface area (TPSA) is 82.1 Å². The molecule has 0 aliphatic heterocycles. The van der Waals surface area contributed by atoms with Crippen LogP contribution in [0.25, 0.3) is 0 Å². The monoisotopic (exact) mass is 450 g/mol. The second kappa shape index (κ2) is 9.49. The molecule has 0 bridgehead atoms. The lowest BCUT2D eigenvalue weighted by molar-refractivity contribution is -0.211. The maximum atomic E-state index is 12.3. The molecule has 2 rings (SSSR count). The second-order valence-corrected chi connectivity index (χ2v) is 11.4. The van der Waals surface area contributed by atoms with Gasteiger partial charge < -0.3 is 24.1 Å². The predicted octanol–water partition coefficient (Wildman–Crippen LogP) is 4.40. The Bertz CT molecular complexity index is 761. The Balaban J connectivity index is 2.58. The fourth-order valence-corrected chi connectivity index (χ4v) is 5.67. The van der Waals surface area contributed by atoms with Crippen molar-refractivity contribution in [2.45, 2.75) is 97.6 Å². The van der Waals surface area contributed by atoms with Gasteiger partial charge in [0.05, 0.1) is 17.8 Å². The molecule has 6 heteroatoms. The van der Waals surface area contributed by atoms with Crippen molar-refractivity contribution < 1.29 is 28.9 Å². The molecule has 2 aliphatic carbocycles. The van der Waals surface area contributed by atoms with Crippen LogP contribution < -0.4 is 0 Å². The van der Waals surface area contributed by atoms with Gasteiger partial charge >= 0.3 is 0 Å². The minimum Gasteiger partial charge on any atom is -0.382 e. The number of hydrogen-bond acceptors (Lipinski definition) is 6. The number of methoxy groups -OCH3 is 1. The van der Waals surface area contributed by atoms with Gasteiger partial charge in [0.1, 0.15) is 18.7 Å². The molecule has 0 saturated heterocycles. The molecule has 0 heterocycles. The number of ether oxygens (including phenoxy) is 3. The molecule has 0 amide bonds. The third-order valence-electron chi connectivity index (χ3n) is 7.35. The van der Waals surface area contributed by atoms with Crippen molar-refractivity contribution in [3.05, 3.63) is 23.8 Å². The zero-order chi connectivity index (χ0) is 24.5. The number of carbonyl (C=O) groups excluding carboxylic acids is 2. The first-order valence-electron chi connectivity index (χ1n) is 11.5. The average Bonchev–Trinajstić information content (AvgIpc) is 2.64. The van der Waals surface area contributed by atoms with E-state index in [0.29, 0.717) is 18.4 Å². The fourth-order valence-electron chi connectivity index (χ4n) is 5.67. The zero-order valence-corrected chi connectivity index (χ0v) is 21.1. The van der Waals surface area contributed by atoms with Gasteiger partial charge in [-0.25, -0.2) is 0 Å². The maximum Gasteiger partial charge on any atom is 0.156 e. The van der Waals surface area contributed by atoms with Crippen LogP contribution in [0, 0.1) is 16.7 Å². The molecule has 6 nitrogen and oxygen atoms in total. The summed E-state index contributed by atoms with van der Waals surface area (Å²) in [4.78, 5) is 24.6. The molecule has 0 radical (unpaired) electrons. The van der Waals surface area contributed by atoms with Crippen LogP contribution in [0.4, 0.5) is 0 Å². The Morgan fingerprint density at radius 3 is 2.44 bits per heavy atom. The molecular weight excluding hydrogens is 408 g/mol. The van der Waals surface area contributed by atoms with Gasteiger partial charge in [-0.15, -0.1) is 0 Å². The predicted molar refractivity (Wildman–Crippen MR) is 124 cm³/mol. The minimum atomic E-state index is -1.42. The van der Waals surface area contributed by atoms with Gasteiger partial charge in [-0.3, -0.25) is 4.79 Å². The van der Waals surface area contributed by atoms with Gasteiger partial charge in [-0.05, 0) is 58.6 Å². The first kappa shape index (κ1) is 26.9. The molecule has 2 aliphatic rings. The third kappa shape index (κ3) is 5.09. The first-order valence-corrected chi connectivity index (χ1v) is 11.5. The highest BCUT2D eigenvalue weighted by molar-refractivity contribution is 5.92. The number of carbonyl (C=O) groups is 2. The van der Waals surface area contributed by atoms with Gasteiger partial charge in [0.25, 0.3) is 0 Å². The van der Waals surface area contributed by atoms with Crippen LogP contribution in [0.15, 0.2) is 23.8 Å². The van der Waals surface area contributed by atoms with Crippen LogP contribution in [0.5, 0.6) is 0 Å². The number of allylic oxidation sites excluding steroid dienone is 2. The van der Waals surface area contributed by atoms with Gasteiger partial charge in [-0.2, -0.15) is 0 Å². The fraction of sp³-hybridized carbons (Fsp3) is 0.769. The van der Waals surface area contributed by atoms with Crippen molar-refractivity contribution in [1.82, 2.24) is 0 Å². The molecule has 0 aromatic rings. The van der Waals surface area contributed by atoms with Crippen LogP contribution in [-0.4, -0.2) is 54.5 Å². The van der Waals surface area contributed by atoms with Crippen molar-refractivity contribution >= 4 is 12.1 Å². The van der Waals surface area contributed by atoms with E-state index in [1.807, 2.05) is 41.5 Å². The number of aliphatic hydroxyl groups is 1. The molecule has 0 spiro atoms. The van der Waals surface area contributed by atoms with E-state index in [9.17, 15) is 14.7 Å². The van der Waals surface area contributed by atoms with E-state index >= 15 is 0 Å². The Kier molecular flexibility index (Phi) is 7.98. The normalized spacial score (nSPS) is 34.2.